The van der Waals surface area contributed by atoms with Gasteiger partial charge < -0.3 is 4.74 Å². The molecule has 5 nitrogen and oxygen atoms in total. The molecule has 4 aromatic rings. The van der Waals surface area contributed by atoms with Crippen molar-refractivity contribution in [2.45, 2.75) is 52.4 Å². The number of carbonyl (C=O) groups is 1. The molecule has 0 saturated heterocycles. The second kappa shape index (κ2) is 8.31. The Bertz CT molecular complexity index is 1330. The monoisotopic (exact) mass is 461 g/mol. The number of fused-ring (bicyclic) bond motifs is 1. The standard InChI is InChI=1S/C27H28ClN3O2/c1-26(2,3)18-14-20(27(4,5)6)24(33-25(32)17-10-8-7-9-11-17)23(15-18)31-29-21-13-12-19(28)16-22(21)30-31/h7-16H,1-6H3. The van der Waals surface area contributed by atoms with Gasteiger partial charge in [0.25, 0.3) is 0 Å². The van der Waals surface area contributed by atoms with Gasteiger partial charge in [0, 0.05) is 10.6 Å². The van der Waals surface area contributed by atoms with Crippen molar-refractivity contribution in [2.24, 2.45) is 0 Å². The maximum absolute atomic E-state index is 13.1. The lowest BCUT2D eigenvalue weighted by molar-refractivity contribution is 0.0731. The molecule has 4 rings (SSSR count). The molecule has 170 valence electrons. The molecule has 0 aliphatic carbocycles. The van der Waals surface area contributed by atoms with Crippen LogP contribution in [-0.2, 0) is 10.8 Å². The van der Waals surface area contributed by atoms with Gasteiger partial charge in [0.05, 0.1) is 5.56 Å². The number of aromatic nitrogens is 3. The number of carbonyl (C=O) groups excluding carboxylic acids is 1. The van der Waals surface area contributed by atoms with Crippen LogP contribution >= 0.6 is 11.6 Å². The van der Waals surface area contributed by atoms with Gasteiger partial charge in [0.2, 0.25) is 0 Å². The summed E-state index contributed by atoms with van der Waals surface area (Å²) in [7, 11) is 0. The van der Waals surface area contributed by atoms with Gasteiger partial charge in [-0.2, -0.15) is 0 Å². The van der Waals surface area contributed by atoms with Gasteiger partial charge in [-0.3, -0.25) is 0 Å². The summed E-state index contributed by atoms with van der Waals surface area (Å²) < 4.78 is 6.07. The van der Waals surface area contributed by atoms with Crippen LogP contribution in [0.5, 0.6) is 5.75 Å². The zero-order valence-corrected chi connectivity index (χ0v) is 20.6. The van der Waals surface area contributed by atoms with Gasteiger partial charge in [-0.05, 0) is 52.8 Å². The molecule has 0 aliphatic rings. The Kier molecular flexibility index (Phi) is 5.79. The van der Waals surface area contributed by atoms with E-state index in [1.165, 1.54) is 0 Å². The maximum Gasteiger partial charge on any atom is 0.343 e. The summed E-state index contributed by atoms with van der Waals surface area (Å²) in [5.74, 6) is 0.0290. The lowest BCUT2D eigenvalue weighted by atomic mass is 9.79. The molecule has 33 heavy (non-hydrogen) atoms. The summed E-state index contributed by atoms with van der Waals surface area (Å²) in [4.78, 5) is 14.6. The maximum atomic E-state index is 13.1. The predicted octanol–water partition coefficient (Wildman–Crippen LogP) is 6.89. The molecule has 3 aromatic carbocycles. The van der Waals surface area contributed by atoms with Crippen molar-refractivity contribution in [3.05, 3.63) is 82.4 Å². The summed E-state index contributed by atoms with van der Waals surface area (Å²) in [5, 5.41) is 9.91. The van der Waals surface area contributed by atoms with Gasteiger partial charge >= 0.3 is 5.97 Å². The fourth-order valence-electron chi connectivity index (χ4n) is 3.58. The molecule has 0 aliphatic heterocycles. The fourth-order valence-corrected chi connectivity index (χ4v) is 3.75. The first-order valence-corrected chi connectivity index (χ1v) is 11.3. The SMILES string of the molecule is CC(C)(C)c1cc(-n2nc3ccc(Cl)cc3n2)c(OC(=O)c2ccccc2)c(C(C)(C)C)c1. The Labute approximate surface area is 199 Å². The van der Waals surface area contributed by atoms with Crippen LogP contribution in [0, 0.1) is 0 Å². The first-order valence-electron chi connectivity index (χ1n) is 10.9. The van der Waals surface area contributed by atoms with E-state index in [4.69, 9.17) is 16.3 Å². The first-order chi connectivity index (χ1) is 15.4. The number of halogens is 1. The highest BCUT2D eigenvalue weighted by Crippen LogP contribution is 2.40. The summed E-state index contributed by atoms with van der Waals surface area (Å²) in [6.07, 6.45) is 0. The molecule has 0 radical (unpaired) electrons. The molecule has 0 saturated carbocycles. The van der Waals surface area contributed by atoms with Crippen molar-refractivity contribution in [1.29, 1.82) is 0 Å². The van der Waals surface area contributed by atoms with Crippen molar-refractivity contribution in [3.8, 4) is 11.4 Å². The molecule has 6 heteroatoms. The largest absolute Gasteiger partial charge is 0.420 e. The Morgan fingerprint density at radius 2 is 1.52 bits per heavy atom. The van der Waals surface area contributed by atoms with Crippen molar-refractivity contribution in [1.82, 2.24) is 15.0 Å². The molecule has 0 unspecified atom stereocenters. The zero-order valence-electron chi connectivity index (χ0n) is 19.8. The summed E-state index contributed by atoms with van der Waals surface area (Å²) in [5.41, 5.74) is 4.05. The number of hydrogen-bond acceptors (Lipinski definition) is 4. The van der Waals surface area contributed by atoms with Crippen LogP contribution in [0.3, 0.4) is 0 Å². The fraction of sp³-hybridized carbons (Fsp3) is 0.296. The van der Waals surface area contributed by atoms with Crippen LogP contribution in [0.15, 0.2) is 60.7 Å². The summed E-state index contributed by atoms with van der Waals surface area (Å²) in [6, 6.07) is 18.5. The van der Waals surface area contributed by atoms with Crippen molar-refractivity contribution < 1.29 is 9.53 Å². The molecule has 0 atom stereocenters. The summed E-state index contributed by atoms with van der Waals surface area (Å²) >= 11 is 6.17. The van der Waals surface area contributed by atoms with Gasteiger partial charge in [-0.15, -0.1) is 15.0 Å². The van der Waals surface area contributed by atoms with Gasteiger partial charge in [-0.25, -0.2) is 4.79 Å². The van der Waals surface area contributed by atoms with E-state index < -0.39 is 5.97 Å². The average Bonchev–Trinajstić information content (AvgIpc) is 3.15. The number of esters is 1. The Morgan fingerprint density at radius 1 is 0.848 bits per heavy atom. The number of rotatable bonds is 3. The molecular weight excluding hydrogens is 434 g/mol. The van der Waals surface area contributed by atoms with Crippen LogP contribution in [-0.4, -0.2) is 21.0 Å². The molecule has 0 amide bonds. The first kappa shape index (κ1) is 23.0. The molecule has 0 spiro atoms. The lowest BCUT2D eigenvalue weighted by Crippen LogP contribution is -2.21. The van der Waals surface area contributed by atoms with Crippen LogP contribution < -0.4 is 4.74 Å². The van der Waals surface area contributed by atoms with E-state index in [1.54, 1.807) is 29.1 Å². The van der Waals surface area contributed by atoms with Crippen molar-refractivity contribution in [3.63, 3.8) is 0 Å². The highest BCUT2D eigenvalue weighted by Gasteiger charge is 2.29. The number of hydrogen-bond donors (Lipinski definition) is 0. The predicted molar refractivity (Wildman–Crippen MR) is 133 cm³/mol. The Hall–Kier alpha value is -3.18. The highest BCUT2D eigenvalue weighted by molar-refractivity contribution is 6.31. The third kappa shape index (κ3) is 4.79. The second-order valence-electron chi connectivity index (χ2n) is 10.3. The average molecular weight is 462 g/mol. The van der Waals surface area contributed by atoms with Crippen LogP contribution in [0.25, 0.3) is 16.7 Å². The van der Waals surface area contributed by atoms with E-state index in [0.29, 0.717) is 33.1 Å². The molecule has 1 heterocycles. The summed E-state index contributed by atoms with van der Waals surface area (Å²) in [6.45, 7) is 12.8. The van der Waals surface area contributed by atoms with Crippen molar-refractivity contribution in [2.75, 3.05) is 0 Å². The van der Waals surface area contributed by atoms with Gasteiger partial charge in [0.15, 0.2) is 5.75 Å². The van der Waals surface area contributed by atoms with E-state index in [0.717, 1.165) is 11.1 Å². The molecule has 0 N–H and O–H groups in total. The minimum Gasteiger partial charge on any atom is -0.420 e. The molecule has 0 fully saturated rings. The number of benzene rings is 3. The molecular formula is C27H28ClN3O2. The third-order valence-electron chi connectivity index (χ3n) is 5.51. The Morgan fingerprint density at radius 3 is 2.15 bits per heavy atom. The number of nitrogens with zero attached hydrogens (tertiary/aromatic N) is 3. The van der Waals surface area contributed by atoms with E-state index >= 15 is 0 Å². The minimum atomic E-state index is -0.425. The topological polar surface area (TPSA) is 57.0 Å². The quantitative estimate of drug-likeness (QED) is 0.246. The van der Waals surface area contributed by atoms with Crippen LogP contribution in [0.1, 0.15) is 63.0 Å². The van der Waals surface area contributed by atoms with Crippen molar-refractivity contribution >= 4 is 28.6 Å². The Balaban J connectivity index is 1.97. The normalized spacial score (nSPS) is 12.2. The van der Waals surface area contributed by atoms with E-state index in [1.807, 2.05) is 30.3 Å². The third-order valence-corrected chi connectivity index (χ3v) is 5.74. The zero-order chi connectivity index (χ0) is 24.0. The van der Waals surface area contributed by atoms with E-state index in [-0.39, 0.29) is 10.8 Å². The van der Waals surface area contributed by atoms with Crippen LogP contribution in [0.4, 0.5) is 0 Å². The van der Waals surface area contributed by atoms with E-state index in [9.17, 15) is 4.79 Å². The smallest absolute Gasteiger partial charge is 0.343 e. The molecule has 0 bridgehead atoms. The second-order valence-corrected chi connectivity index (χ2v) is 10.7. The highest BCUT2D eigenvalue weighted by atomic mass is 35.5. The minimum absolute atomic E-state index is 0.132. The van der Waals surface area contributed by atoms with E-state index in [2.05, 4.69) is 57.8 Å². The van der Waals surface area contributed by atoms with Crippen LogP contribution in [0.2, 0.25) is 5.02 Å². The number of ether oxygens (including phenoxy) is 1. The lowest BCUT2D eigenvalue weighted by Gasteiger charge is -2.28. The van der Waals surface area contributed by atoms with Gasteiger partial charge in [-0.1, -0.05) is 77.4 Å². The molecule has 1 aromatic heterocycles. The van der Waals surface area contributed by atoms with Gasteiger partial charge in [0.1, 0.15) is 16.7 Å².